The number of anilines is 1. The third kappa shape index (κ3) is 3.47. The molecule has 1 fully saturated rings. The summed E-state index contributed by atoms with van der Waals surface area (Å²) in [5.74, 6) is 1.30. The number of ether oxygens (including phenoxy) is 1. The smallest absolute Gasteiger partial charge is 0.184 e. The maximum Gasteiger partial charge on any atom is 0.184 e. The molecule has 0 radical (unpaired) electrons. The first-order chi connectivity index (χ1) is 11.8. The van der Waals surface area contributed by atoms with Gasteiger partial charge in [-0.1, -0.05) is 42.2 Å². The van der Waals surface area contributed by atoms with Crippen LogP contribution in [0.3, 0.4) is 0 Å². The molecule has 124 valence electrons. The molecule has 6 heteroatoms. The third-order valence-electron chi connectivity index (χ3n) is 4.25. The number of hydrogen-bond acceptors (Lipinski definition) is 5. The Labute approximate surface area is 149 Å². The maximum absolute atomic E-state index is 6.12. The Kier molecular flexibility index (Phi) is 4.54. The van der Waals surface area contributed by atoms with Gasteiger partial charge in [0.05, 0.1) is 21.4 Å². The Morgan fingerprint density at radius 2 is 2.04 bits per heavy atom. The van der Waals surface area contributed by atoms with E-state index in [2.05, 4.69) is 15.3 Å². The van der Waals surface area contributed by atoms with Crippen LogP contribution in [-0.2, 0) is 0 Å². The molecule has 1 saturated carbocycles. The Hall–Kier alpha value is -1.85. The average Bonchev–Trinajstić information content (AvgIpc) is 2.99. The van der Waals surface area contributed by atoms with E-state index in [9.17, 15) is 0 Å². The van der Waals surface area contributed by atoms with Gasteiger partial charge >= 0.3 is 0 Å². The topological polar surface area (TPSA) is 47.0 Å². The summed E-state index contributed by atoms with van der Waals surface area (Å²) in [6, 6.07) is 8.17. The Morgan fingerprint density at radius 1 is 1.17 bits per heavy atom. The lowest BCUT2D eigenvalue weighted by Gasteiger charge is -2.22. The zero-order valence-corrected chi connectivity index (χ0v) is 14.7. The van der Waals surface area contributed by atoms with Crippen LogP contribution >= 0.6 is 22.9 Å². The van der Waals surface area contributed by atoms with Crippen molar-refractivity contribution < 1.29 is 4.74 Å². The van der Waals surface area contributed by atoms with Crippen LogP contribution in [-0.4, -0.2) is 16.0 Å². The number of pyridine rings is 1. The van der Waals surface area contributed by atoms with Gasteiger partial charge in [0.15, 0.2) is 10.9 Å². The second-order valence-corrected chi connectivity index (χ2v) is 7.47. The van der Waals surface area contributed by atoms with E-state index < -0.39 is 0 Å². The first kappa shape index (κ1) is 15.7. The van der Waals surface area contributed by atoms with Crippen molar-refractivity contribution in [1.29, 1.82) is 0 Å². The van der Waals surface area contributed by atoms with E-state index in [0.29, 0.717) is 16.8 Å². The van der Waals surface area contributed by atoms with Gasteiger partial charge in [-0.2, -0.15) is 0 Å². The van der Waals surface area contributed by atoms with Crippen LogP contribution in [0.15, 0.2) is 36.7 Å². The van der Waals surface area contributed by atoms with E-state index in [1.54, 1.807) is 29.8 Å². The van der Waals surface area contributed by atoms with Crippen molar-refractivity contribution in [2.45, 2.75) is 38.1 Å². The number of aromatic nitrogens is 2. The fourth-order valence-electron chi connectivity index (χ4n) is 3.02. The number of halogens is 1. The van der Waals surface area contributed by atoms with Gasteiger partial charge in [-0.15, -0.1) is 0 Å². The van der Waals surface area contributed by atoms with Crippen LogP contribution in [0.25, 0.3) is 10.2 Å². The summed E-state index contributed by atoms with van der Waals surface area (Å²) in [5, 5.41) is 5.13. The number of rotatable bonds is 4. The number of benzene rings is 1. The molecule has 1 aliphatic rings. The number of fused-ring (bicyclic) bond motifs is 1. The van der Waals surface area contributed by atoms with Crippen molar-refractivity contribution in [3.05, 3.63) is 41.7 Å². The van der Waals surface area contributed by atoms with Crippen LogP contribution < -0.4 is 10.1 Å². The maximum atomic E-state index is 6.12. The van der Waals surface area contributed by atoms with E-state index in [1.165, 1.54) is 32.1 Å². The minimum Gasteiger partial charge on any atom is -0.454 e. The zero-order valence-electron chi connectivity index (χ0n) is 13.2. The van der Waals surface area contributed by atoms with Crippen molar-refractivity contribution >= 4 is 38.3 Å². The molecule has 3 aromatic rings. The lowest BCUT2D eigenvalue weighted by molar-refractivity contribution is 0.462. The van der Waals surface area contributed by atoms with Gasteiger partial charge < -0.3 is 10.1 Å². The summed E-state index contributed by atoms with van der Waals surface area (Å²) < 4.78 is 6.94. The van der Waals surface area contributed by atoms with Crippen LogP contribution in [0.2, 0.25) is 5.02 Å². The van der Waals surface area contributed by atoms with Crippen LogP contribution in [0, 0.1) is 0 Å². The second-order valence-electron chi connectivity index (χ2n) is 6.04. The van der Waals surface area contributed by atoms with Crippen molar-refractivity contribution in [3.63, 3.8) is 0 Å². The molecule has 2 heterocycles. The van der Waals surface area contributed by atoms with E-state index in [-0.39, 0.29) is 0 Å². The lowest BCUT2D eigenvalue weighted by Crippen LogP contribution is -2.21. The molecule has 0 bridgehead atoms. The lowest BCUT2D eigenvalue weighted by atomic mass is 9.96. The Bertz CT molecular complexity index is 845. The molecule has 0 unspecified atom stereocenters. The number of nitrogens with one attached hydrogen (secondary N) is 1. The highest BCUT2D eigenvalue weighted by Gasteiger charge is 2.15. The summed E-state index contributed by atoms with van der Waals surface area (Å²) in [7, 11) is 0. The average molecular weight is 360 g/mol. The van der Waals surface area contributed by atoms with Gasteiger partial charge in [0.2, 0.25) is 0 Å². The van der Waals surface area contributed by atoms with Crippen molar-refractivity contribution in [2.75, 3.05) is 5.32 Å². The van der Waals surface area contributed by atoms with Crippen molar-refractivity contribution in [3.8, 4) is 11.5 Å². The summed E-state index contributed by atoms with van der Waals surface area (Å²) in [5.41, 5.74) is 0.989. The normalized spacial score (nSPS) is 15.5. The summed E-state index contributed by atoms with van der Waals surface area (Å²) in [4.78, 5) is 8.73. The van der Waals surface area contributed by atoms with Gasteiger partial charge in [-0.05, 0) is 31.0 Å². The molecular formula is C18H18ClN3OS. The van der Waals surface area contributed by atoms with Gasteiger partial charge in [0, 0.05) is 18.3 Å². The highest BCUT2D eigenvalue weighted by molar-refractivity contribution is 7.22. The molecule has 1 aromatic carbocycles. The van der Waals surface area contributed by atoms with E-state index in [1.807, 2.05) is 18.2 Å². The molecule has 1 aliphatic carbocycles. The highest BCUT2D eigenvalue weighted by Crippen LogP contribution is 2.34. The minimum atomic E-state index is 0.550. The number of hydrogen-bond donors (Lipinski definition) is 1. The molecule has 0 saturated heterocycles. The van der Waals surface area contributed by atoms with Crippen LogP contribution in [0.1, 0.15) is 32.1 Å². The number of thiazole rings is 1. The number of nitrogens with zero attached hydrogens (tertiary/aromatic N) is 2. The first-order valence-electron chi connectivity index (χ1n) is 8.22. The second kappa shape index (κ2) is 6.95. The monoisotopic (exact) mass is 359 g/mol. The van der Waals surface area contributed by atoms with Gasteiger partial charge in [0.1, 0.15) is 5.75 Å². The predicted molar refractivity (Wildman–Crippen MR) is 99.4 cm³/mol. The minimum absolute atomic E-state index is 0.550. The van der Waals surface area contributed by atoms with E-state index in [4.69, 9.17) is 16.3 Å². The summed E-state index contributed by atoms with van der Waals surface area (Å²) in [6.07, 6.45) is 9.72. The molecule has 0 spiro atoms. The van der Waals surface area contributed by atoms with Crippen molar-refractivity contribution in [1.82, 2.24) is 9.97 Å². The van der Waals surface area contributed by atoms with Crippen molar-refractivity contribution in [2.24, 2.45) is 0 Å². The molecule has 0 amide bonds. The molecule has 4 rings (SSSR count). The highest BCUT2D eigenvalue weighted by atomic mass is 35.5. The molecule has 4 nitrogen and oxygen atoms in total. The Balaban J connectivity index is 1.53. The quantitative estimate of drug-likeness (QED) is 0.631. The SMILES string of the molecule is Clc1ccncc1Oc1ccc2nc(NC3CCCCC3)sc2c1. The van der Waals surface area contributed by atoms with E-state index >= 15 is 0 Å². The molecular weight excluding hydrogens is 342 g/mol. The summed E-state index contributed by atoms with van der Waals surface area (Å²) >= 11 is 7.79. The van der Waals surface area contributed by atoms with Crippen LogP contribution in [0.4, 0.5) is 5.13 Å². The van der Waals surface area contributed by atoms with Gasteiger partial charge in [-0.3, -0.25) is 4.98 Å². The molecule has 0 aliphatic heterocycles. The fourth-order valence-corrected chi connectivity index (χ4v) is 4.13. The predicted octanol–water partition coefficient (Wildman–Crippen LogP) is 5.88. The molecule has 24 heavy (non-hydrogen) atoms. The molecule has 0 atom stereocenters. The Morgan fingerprint density at radius 3 is 2.88 bits per heavy atom. The van der Waals surface area contributed by atoms with Gasteiger partial charge in [-0.25, -0.2) is 4.98 Å². The fraction of sp³-hybridized carbons (Fsp3) is 0.333. The van der Waals surface area contributed by atoms with E-state index in [0.717, 1.165) is 21.1 Å². The third-order valence-corrected chi connectivity index (χ3v) is 5.52. The van der Waals surface area contributed by atoms with Gasteiger partial charge in [0.25, 0.3) is 0 Å². The standard InChI is InChI=1S/C18H18ClN3OS/c19-14-8-9-20-11-16(14)23-13-6-7-15-17(10-13)24-18(22-15)21-12-4-2-1-3-5-12/h6-12H,1-5H2,(H,21,22). The first-order valence-corrected chi connectivity index (χ1v) is 9.42. The molecule has 2 aromatic heterocycles. The summed E-state index contributed by atoms with van der Waals surface area (Å²) in [6.45, 7) is 0. The van der Waals surface area contributed by atoms with Crippen LogP contribution in [0.5, 0.6) is 11.5 Å². The largest absolute Gasteiger partial charge is 0.454 e. The molecule has 1 N–H and O–H groups in total. The zero-order chi connectivity index (χ0) is 16.4.